The first-order valence-corrected chi connectivity index (χ1v) is 7.82. The third-order valence-electron chi connectivity index (χ3n) is 3.60. The topological polar surface area (TPSA) is 37.8 Å². The smallest absolute Gasteiger partial charge is 0.223 e. The maximum atomic E-state index is 4.73. The van der Waals surface area contributed by atoms with E-state index in [9.17, 15) is 0 Å². The minimum Gasteiger partial charge on any atom is -0.354 e. The number of aromatic nitrogens is 2. The van der Waals surface area contributed by atoms with Crippen LogP contribution >= 0.6 is 11.3 Å². The monoisotopic (exact) mass is 281 g/mol. The van der Waals surface area contributed by atoms with Crippen LogP contribution in [0.25, 0.3) is 21.5 Å². The summed E-state index contributed by atoms with van der Waals surface area (Å²) in [6.45, 7) is 0.990. The molecule has 4 rings (SSSR count). The Morgan fingerprint density at radius 1 is 1.10 bits per heavy atom. The van der Waals surface area contributed by atoms with E-state index in [1.54, 1.807) is 11.3 Å². The van der Waals surface area contributed by atoms with Crippen LogP contribution in [0.2, 0.25) is 0 Å². The van der Waals surface area contributed by atoms with Crippen molar-refractivity contribution in [2.45, 2.75) is 12.8 Å². The number of fused-ring (bicyclic) bond motifs is 1. The third kappa shape index (κ3) is 2.27. The normalized spacial score (nSPS) is 14.6. The lowest BCUT2D eigenvalue weighted by atomic mass is 10.1. The molecule has 2 aromatic heterocycles. The fraction of sp³-hybridized carbons (Fsp3) is 0.250. The van der Waals surface area contributed by atoms with Crippen LogP contribution in [0.1, 0.15) is 12.8 Å². The van der Waals surface area contributed by atoms with E-state index >= 15 is 0 Å². The zero-order valence-corrected chi connectivity index (χ0v) is 11.9. The van der Waals surface area contributed by atoms with Crippen molar-refractivity contribution < 1.29 is 0 Å². The summed E-state index contributed by atoms with van der Waals surface area (Å²) >= 11 is 1.70. The molecule has 3 aromatic rings. The van der Waals surface area contributed by atoms with Crippen LogP contribution in [0.4, 0.5) is 5.95 Å². The van der Waals surface area contributed by atoms with Gasteiger partial charge in [-0.2, -0.15) is 0 Å². The lowest BCUT2D eigenvalue weighted by Crippen LogP contribution is -2.07. The lowest BCUT2D eigenvalue weighted by Gasteiger charge is -2.07. The van der Waals surface area contributed by atoms with Crippen LogP contribution in [0.15, 0.2) is 41.8 Å². The zero-order valence-electron chi connectivity index (χ0n) is 11.0. The maximum absolute atomic E-state index is 4.73. The van der Waals surface area contributed by atoms with Crippen molar-refractivity contribution in [3.8, 4) is 11.3 Å². The molecule has 1 aliphatic carbocycles. The molecule has 0 spiro atoms. The van der Waals surface area contributed by atoms with Crippen LogP contribution in [0, 0.1) is 5.92 Å². The molecule has 100 valence electrons. The van der Waals surface area contributed by atoms with Crippen molar-refractivity contribution in [1.82, 2.24) is 9.97 Å². The Kier molecular flexibility index (Phi) is 2.89. The Labute approximate surface area is 121 Å². The van der Waals surface area contributed by atoms with Gasteiger partial charge in [0.05, 0.1) is 15.9 Å². The highest BCUT2D eigenvalue weighted by molar-refractivity contribution is 7.17. The minimum atomic E-state index is 0.752. The highest BCUT2D eigenvalue weighted by atomic mass is 32.1. The first-order chi connectivity index (χ1) is 9.90. The van der Waals surface area contributed by atoms with Gasteiger partial charge in [0.25, 0.3) is 0 Å². The van der Waals surface area contributed by atoms with Crippen molar-refractivity contribution in [3.63, 3.8) is 0 Å². The fourth-order valence-corrected chi connectivity index (χ4v) is 3.13. The SMILES string of the molecule is c1ccc(-c2nc(NCC3CC3)nc3ccsc23)cc1. The van der Waals surface area contributed by atoms with Gasteiger partial charge in [0.15, 0.2) is 0 Å². The molecular formula is C16H15N3S. The molecule has 0 amide bonds. The van der Waals surface area contributed by atoms with E-state index in [-0.39, 0.29) is 0 Å². The lowest BCUT2D eigenvalue weighted by molar-refractivity contribution is 0.876. The van der Waals surface area contributed by atoms with Crippen molar-refractivity contribution >= 4 is 27.5 Å². The van der Waals surface area contributed by atoms with Crippen LogP contribution in [0.3, 0.4) is 0 Å². The summed E-state index contributed by atoms with van der Waals surface area (Å²) in [6, 6.07) is 12.4. The molecule has 1 N–H and O–H groups in total. The Morgan fingerprint density at radius 2 is 1.95 bits per heavy atom. The van der Waals surface area contributed by atoms with Crippen LogP contribution in [-0.4, -0.2) is 16.5 Å². The molecule has 0 unspecified atom stereocenters. The van der Waals surface area contributed by atoms with E-state index < -0.39 is 0 Å². The van der Waals surface area contributed by atoms with E-state index in [1.165, 1.54) is 12.8 Å². The number of benzene rings is 1. The number of thiophene rings is 1. The second-order valence-corrected chi connectivity index (χ2v) is 6.14. The molecule has 20 heavy (non-hydrogen) atoms. The molecule has 1 fully saturated rings. The molecule has 0 bridgehead atoms. The molecule has 2 heterocycles. The van der Waals surface area contributed by atoms with Gasteiger partial charge >= 0.3 is 0 Å². The zero-order chi connectivity index (χ0) is 13.4. The van der Waals surface area contributed by atoms with Gasteiger partial charge in [0, 0.05) is 12.1 Å². The van der Waals surface area contributed by atoms with Crippen molar-refractivity contribution in [2.24, 2.45) is 5.92 Å². The first kappa shape index (κ1) is 11.9. The van der Waals surface area contributed by atoms with Gasteiger partial charge in [-0.25, -0.2) is 9.97 Å². The highest BCUT2D eigenvalue weighted by Crippen LogP contribution is 2.32. The summed E-state index contributed by atoms with van der Waals surface area (Å²) in [7, 11) is 0. The highest BCUT2D eigenvalue weighted by Gasteiger charge is 2.21. The third-order valence-corrected chi connectivity index (χ3v) is 4.51. The molecule has 0 atom stereocenters. The van der Waals surface area contributed by atoms with Gasteiger partial charge in [-0.1, -0.05) is 30.3 Å². The van der Waals surface area contributed by atoms with Gasteiger partial charge in [-0.05, 0) is 30.2 Å². The molecular weight excluding hydrogens is 266 g/mol. The molecule has 4 heteroatoms. The van der Waals surface area contributed by atoms with E-state index in [2.05, 4.69) is 33.9 Å². The number of nitrogens with one attached hydrogen (secondary N) is 1. The number of rotatable bonds is 4. The first-order valence-electron chi connectivity index (χ1n) is 6.95. The summed E-state index contributed by atoms with van der Waals surface area (Å²) in [5.74, 6) is 1.57. The number of hydrogen-bond donors (Lipinski definition) is 1. The van der Waals surface area contributed by atoms with Gasteiger partial charge in [0.2, 0.25) is 5.95 Å². The Hall–Kier alpha value is -1.94. The van der Waals surface area contributed by atoms with Crippen molar-refractivity contribution in [3.05, 3.63) is 41.8 Å². The van der Waals surface area contributed by atoms with E-state index in [4.69, 9.17) is 4.98 Å². The molecule has 3 nitrogen and oxygen atoms in total. The van der Waals surface area contributed by atoms with E-state index in [0.717, 1.165) is 39.9 Å². The molecule has 0 radical (unpaired) electrons. The quantitative estimate of drug-likeness (QED) is 0.779. The minimum absolute atomic E-state index is 0.752. The van der Waals surface area contributed by atoms with Crippen molar-refractivity contribution in [1.29, 1.82) is 0 Å². The average Bonchev–Trinajstić information content (AvgIpc) is 3.21. The summed E-state index contributed by atoms with van der Waals surface area (Å²) in [5.41, 5.74) is 3.21. The number of hydrogen-bond acceptors (Lipinski definition) is 4. The second kappa shape index (κ2) is 4.87. The van der Waals surface area contributed by atoms with Gasteiger partial charge < -0.3 is 5.32 Å². The summed E-state index contributed by atoms with van der Waals surface area (Å²) in [5, 5.41) is 5.46. The standard InChI is InChI=1S/C16H15N3S/c1-2-4-12(5-3-1)14-15-13(8-9-20-15)18-16(19-14)17-10-11-6-7-11/h1-5,8-9,11H,6-7,10H2,(H,17,18,19). The van der Waals surface area contributed by atoms with Gasteiger partial charge in [-0.15, -0.1) is 11.3 Å². The van der Waals surface area contributed by atoms with Crippen LogP contribution in [0.5, 0.6) is 0 Å². The van der Waals surface area contributed by atoms with Crippen LogP contribution in [-0.2, 0) is 0 Å². The van der Waals surface area contributed by atoms with Gasteiger partial charge in [0.1, 0.15) is 0 Å². The predicted octanol–water partition coefficient (Wildman–Crippen LogP) is 4.18. The van der Waals surface area contributed by atoms with E-state index in [1.807, 2.05) is 18.2 Å². The predicted molar refractivity (Wildman–Crippen MR) is 84.1 cm³/mol. The summed E-state index contributed by atoms with van der Waals surface area (Å²) < 4.78 is 1.16. The Balaban J connectivity index is 1.78. The van der Waals surface area contributed by atoms with Gasteiger partial charge in [-0.3, -0.25) is 0 Å². The van der Waals surface area contributed by atoms with E-state index in [0.29, 0.717) is 0 Å². The largest absolute Gasteiger partial charge is 0.354 e. The molecule has 0 aliphatic heterocycles. The molecule has 1 aromatic carbocycles. The maximum Gasteiger partial charge on any atom is 0.223 e. The fourth-order valence-electron chi connectivity index (χ4n) is 2.29. The average molecular weight is 281 g/mol. The van der Waals surface area contributed by atoms with Crippen molar-refractivity contribution in [2.75, 3.05) is 11.9 Å². The Bertz CT molecular complexity index is 732. The molecule has 1 aliphatic rings. The molecule has 0 saturated heterocycles. The number of nitrogens with zero attached hydrogens (tertiary/aromatic N) is 2. The summed E-state index contributed by atoms with van der Waals surface area (Å²) in [6.07, 6.45) is 2.67. The molecule has 1 saturated carbocycles. The number of anilines is 1. The second-order valence-electron chi connectivity index (χ2n) is 5.22. The Morgan fingerprint density at radius 3 is 2.75 bits per heavy atom. The summed E-state index contributed by atoms with van der Waals surface area (Å²) in [4.78, 5) is 9.34. The van der Waals surface area contributed by atoms with Crippen LogP contribution < -0.4 is 5.32 Å².